The van der Waals surface area contributed by atoms with Gasteiger partial charge in [0.05, 0.1) is 17.2 Å². The largest absolute Gasteiger partial charge is 0.378 e. The maximum atomic E-state index is 12.1. The molecule has 0 saturated carbocycles. The van der Waals surface area contributed by atoms with Gasteiger partial charge in [-0.3, -0.25) is 4.79 Å². The van der Waals surface area contributed by atoms with E-state index >= 15 is 0 Å². The summed E-state index contributed by atoms with van der Waals surface area (Å²) in [6.45, 7) is 1.48. The summed E-state index contributed by atoms with van der Waals surface area (Å²) in [4.78, 5) is 12.1. The number of nitrogens with one attached hydrogen (secondary N) is 2. The van der Waals surface area contributed by atoms with Gasteiger partial charge in [-0.15, -0.1) is 0 Å². The number of rotatable bonds is 3. The summed E-state index contributed by atoms with van der Waals surface area (Å²) in [5.74, 6) is -0.122. The van der Waals surface area contributed by atoms with Crippen LogP contribution in [0.4, 0.5) is 0 Å². The molecule has 0 bridgehead atoms. The maximum absolute atomic E-state index is 12.1. The second-order valence-electron chi connectivity index (χ2n) is 4.14. The van der Waals surface area contributed by atoms with Crippen molar-refractivity contribution >= 4 is 33.4 Å². The average molecular weight is 334 g/mol. The van der Waals surface area contributed by atoms with Crippen LogP contribution in [0.2, 0.25) is 5.02 Å². The van der Waals surface area contributed by atoms with Crippen LogP contribution in [0, 0.1) is 0 Å². The number of halogens is 2. The van der Waals surface area contributed by atoms with Crippen LogP contribution in [0.1, 0.15) is 10.4 Å². The van der Waals surface area contributed by atoms with Crippen LogP contribution in [0.5, 0.6) is 0 Å². The van der Waals surface area contributed by atoms with E-state index in [4.69, 9.17) is 16.3 Å². The molecule has 1 heterocycles. The fourth-order valence-electron chi connectivity index (χ4n) is 1.94. The highest BCUT2D eigenvalue weighted by Gasteiger charge is 2.28. The quantitative estimate of drug-likeness (QED) is 0.887. The number of methoxy groups -OCH3 is 1. The van der Waals surface area contributed by atoms with E-state index in [-0.39, 0.29) is 18.1 Å². The van der Waals surface area contributed by atoms with Crippen molar-refractivity contribution in [2.24, 2.45) is 0 Å². The Kier molecular flexibility index (Phi) is 4.61. The van der Waals surface area contributed by atoms with Crippen molar-refractivity contribution in [2.45, 2.75) is 12.1 Å². The first kappa shape index (κ1) is 13.8. The van der Waals surface area contributed by atoms with Gasteiger partial charge in [-0.25, -0.2) is 0 Å². The van der Waals surface area contributed by atoms with Gasteiger partial charge in [-0.1, -0.05) is 11.6 Å². The van der Waals surface area contributed by atoms with Crippen molar-refractivity contribution in [3.05, 3.63) is 33.3 Å². The molecule has 1 unspecified atom stereocenters. The number of hydrogen-bond acceptors (Lipinski definition) is 3. The minimum Gasteiger partial charge on any atom is -0.378 e. The molecule has 18 heavy (non-hydrogen) atoms. The van der Waals surface area contributed by atoms with E-state index in [1.54, 1.807) is 25.3 Å². The van der Waals surface area contributed by atoms with Crippen molar-refractivity contribution in [1.82, 2.24) is 10.6 Å². The third-order valence-electron chi connectivity index (χ3n) is 2.96. The Morgan fingerprint density at radius 1 is 1.56 bits per heavy atom. The van der Waals surface area contributed by atoms with Crippen LogP contribution in [0.3, 0.4) is 0 Å². The Morgan fingerprint density at radius 2 is 2.33 bits per heavy atom. The topological polar surface area (TPSA) is 50.4 Å². The summed E-state index contributed by atoms with van der Waals surface area (Å²) < 4.78 is 6.01. The molecule has 1 fully saturated rings. The van der Waals surface area contributed by atoms with Gasteiger partial charge >= 0.3 is 0 Å². The fraction of sp³-hybridized carbons (Fsp3) is 0.417. The molecular formula is C12H14BrClN2O2. The molecule has 0 spiro atoms. The maximum Gasteiger partial charge on any atom is 0.251 e. The smallest absolute Gasteiger partial charge is 0.251 e. The fourth-order valence-corrected chi connectivity index (χ4v) is 2.43. The standard InChI is InChI=1S/C12H14BrClN2O2/c1-18-11-6-15-5-10(11)16-12(17)7-2-3-9(14)8(13)4-7/h2-4,10-11,15H,5-6H2,1H3,(H,16,17)/t10?,11-/m0/s1. The van der Waals surface area contributed by atoms with E-state index in [1.165, 1.54) is 0 Å². The summed E-state index contributed by atoms with van der Waals surface area (Å²) in [7, 11) is 1.65. The third kappa shape index (κ3) is 3.03. The van der Waals surface area contributed by atoms with Crippen molar-refractivity contribution < 1.29 is 9.53 Å². The summed E-state index contributed by atoms with van der Waals surface area (Å²) >= 11 is 9.20. The molecule has 2 N–H and O–H groups in total. The summed E-state index contributed by atoms with van der Waals surface area (Å²) in [5, 5.41) is 6.72. The molecule has 98 valence electrons. The second kappa shape index (κ2) is 6.02. The molecule has 1 saturated heterocycles. The molecule has 2 rings (SSSR count). The first-order valence-electron chi connectivity index (χ1n) is 5.61. The van der Waals surface area contributed by atoms with Gasteiger partial charge in [0.1, 0.15) is 0 Å². The first-order valence-corrected chi connectivity index (χ1v) is 6.78. The summed E-state index contributed by atoms with van der Waals surface area (Å²) in [6.07, 6.45) is 0.0182. The van der Waals surface area contributed by atoms with E-state index in [9.17, 15) is 4.79 Å². The summed E-state index contributed by atoms with van der Waals surface area (Å²) in [6, 6.07) is 5.10. The molecule has 1 aromatic rings. The predicted molar refractivity (Wildman–Crippen MR) is 74.1 cm³/mol. The van der Waals surface area contributed by atoms with Crippen LogP contribution in [-0.2, 0) is 4.74 Å². The Hall–Kier alpha value is -0.620. The van der Waals surface area contributed by atoms with E-state index < -0.39 is 0 Å². The molecule has 1 aliphatic heterocycles. The molecular weight excluding hydrogens is 320 g/mol. The third-order valence-corrected chi connectivity index (χ3v) is 4.17. The molecule has 4 nitrogen and oxygen atoms in total. The predicted octanol–water partition coefficient (Wildman–Crippen LogP) is 1.82. The van der Waals surface area contributed by atoms with Crippen molar-refractivity contribution in [2.75, 3.05) is 20.2 Å². The normalized spacial score (nSPS) is 23.1. The van der Waals surface area contributed by atoms with Crippen LogP contribution in [0.15, 0.2) is 22.7 Å². The Balaban J connectivity index is 2.05. The van der Waals surface area contributed by atoms with Gasteiger partial charge in [0.25, 0.3) is 5.91 Å². The SMILES string of the molecule is CO[C@H]1CNCC1NC(=O)c1ccc(Cl)c(Br)c1. The Labute approximate surface area is 119 Å². The van der Waals surface area contributed by atoms with E-state index in [1.807, 2.05) is 0 Å². The minimum absolute atomic E-state index is 0.00282. The highest BCUT2D eigenvalue weighted by molar-refractivity contribution is 9.10. The van der Waals surface area contributed by atoms with Gasteiger partial charge < -0.3 is 15.4 Å². The van der Waals surface area contributed by atoms with Gasteiger partial charge in [0.15, 0.2) is 0 Å². The number of benzene rings is 1. The van der Waals surface area contributed by atoms with Gasteiger partial charge in [-0.05, 0) is 34.1 Å². The molecule has 1 aliphatic rings. The molecule has 0 aromatic heterocycles. The monoisotopic (exact) mass is 332 g/mol. The van der Waals surface area contributed by atoms with Crippen molar-refractivity contribution in [3.8, 4) is 0 Å². The number of carbonyl (C=O) groups excluding carboxylic acids is 1. The van der Waals surface area contributed by atoms with Gasteiger partial charge in [0, 0.05) is 30.2 Å². The summed E-state index contributed by atoms with van der Waals surface area (Å²) in [5.41, 5.74) is 0.577. The zero-order chi connectivity index (χ0) is 13.1. The van der Waals surface area contributed by atoms with Crippen LogP contribution < -0.4 is 10.6 Å². The van der Waals surface area contributed by atoms with Crippen molar-refractivity contribution in [1.29, 1.82) is 0 Å². The molecule has 2 atom stereocenters. The zero-order valence-corrected chi connectivity index (χ0v) is 12.2. The van der Waals surface area contributed by atoms with Crippen LogP contribution in [-0.4, -0.2) is 38.3 Å². The second-order valence-corrected chi connectivity index (χ2v) is 5.40. The van der Waals surface area contributed by atoms with E-state index in [2.05, 4.69) is 26.6 Å². The Bertz CT molecular complexity index is 456. The number of carbonyl (C=O) groups is 1. The van der Waals surface area contributed by atoms with Crippen molar-refractivity contribution in [3.63, 3.8) is 0 Å². The first-order chi connectivity index (χ1) is 8.61. The van der Waals surface area contributed by atoms with E-state index in [0.717, 1.165) is 13.1 Å². The van der Waals surface area contributed by atoms with Gasteiger partial charge in [-0.2, -0.15) is 0 Å². The van der Waals surface area contributed by atoms with Crippen LogP contribution >= 0.6 is 27.5 Å². The number of hydrogen-bond donors (Lipinski definition) is 2. The number of amides is 1. The zero-order valence-electron chi connectivity index (χ0n) is 9.87. The number of ether oxygens (including phenoxy) is 1. The lowest BCUT2D eigenvalue weighted by Crippen LogP contribution is -2.43. The molecule has 6 heteroatoms. The lowest BCUT2D eigenvalue weighted by Gasteiger charge is -2.18. The molecule has 1 amide bonds. The highest BCUT2D eigenvalue weighted by atomic mass is 79.9. The van der Waals surface area contributed by atoms with Crippen LogP contribution in [0.25, 0.3) is 0 Å². The highest BCUT2D eigenvalue weighted by Crippen LogP contribution is 2.23. The molecule has 1 aromatic carbocycles. The lowest BCUT2D eigenvalue weighted by molar-refractivity contribution is 0.0780. The minimum atomic E-state index is -0.122. The molecule has 0 radical (unpaired) electrons. The average Bonchev–Trinajstić information content (AvgIpc) is 2.79. The van der Waals surface area contributed by atoms with Gasteiger partial charge in [0.2, 0.25) is 0 Å². The molecule has 0 aliphatic carbocycles. The van der Waals surface area contributed by atoms with E-state index in [0.29, 0.717) is 15.1 Å². The Morgan fingerprint density at radius 3 is 3.00 bits per heavy atom. The lowest BCUT2D eigenvalue weighted by atomic mass is 10.1.